The number of hydrogen-bond acceptors (Lipinski definition) is 6. The fraction of sp³-hybridized carbons (Fsp3) is 0.520. The van der Waals surface area contributed by atoms with Crippen molar-refractivity contribution < 1.29 is 32.5 Å². The first-order chi connectivity index (χ1) is 16.5. The van der Waals surface area contributed by atoms with Crippen molar-refractivity contribution >= 4 is 17.6 Å². The molecule has 1 aromatic carbocycles. The molecule has 0 bridgehead atoms. The Labute approximate surface area is 207 Å². The summed E-state index contributed by atoms with van der Waals surface area (Å²) in [6.45, 7) is 2.75. The largest absolute Gasteiger partial charge is 0.495 e. The van der Waals surface area contributed by atoms with Crippen LogP contribution in [0.4, 0.5) is 8.78 Å². The van der Waals surface area contributed by atoms with E-state index in [4.69, 9.17) is 25.8 Å². The molecule has 1 fully saturated rings. The quantitative estimate of drug-likeness (QED) is 0.426. The van der Waals surface area contributed by atoms with Gasteiger partial charge in [0.25, 0.3) is 5.56 Å². The van der Waals surface area contributed by atoms with Crippen molar-refractivity contribution in [3.8, 4) is 22.6 Å². The number of benzene rings is 1. The number of nitrogens with zero attached hydrogens (tertiary/aromatic N) is 1. The van der Waals surface area contributed by atoms with Crippen molar-refractivity contribution in [1.82, 2.24) is 4.57 Å². The highest BCUT2D eigenvalue weighted by molar-refractivity contribution is 6.31. The van der Waals surface area contributed by atoms with Gasteiger partial charge < -0.3 is 18.9 Å². The second-order valence-electron chi connectivity index (χ2n) is 9.29. The summed E-state index contributed by atoms with van der Waals surface area (Å²) in [5.41, 5.74) is -0.957. The third-order valence-corrected chi connectivity index (χ3v) is 5.72. The molecule has 2 atom stereocenters. The van der Waals surface area contributed by atoms with Crippen LogP contribution in [-0.2, 0) is 14.3 Å². The van der Waals surface area contributed by atoms with Crippen LogP contribution in [0.5, 0.6) is 11.5 Å². The zero-order chi connectivity index (χ0) is 25.8. The molecule has 1 aromatic heterocycles. The fourth-order valence-electron chi connectivity index (χ4n) is 3.99. The summed E-state index contributed by atoms with van der Waals surface area (Å²) < 4.78 is 48.7. The third kappa shape index (κ3) is 7.18. The molecule has 2 heterocycles. The van der Waals surface area contributed by atoms with Crippen LogP contribution in [0.1, 0.15) is 52.5 Å². The van der Waals surface area contributed by atoms with Crippen molar-refractivity contribution in [3.05, 3.63) is 45.8 Å². The molecule has 0 spiro atoms. The van der Waals surface area contributed by atoms with Gasteiger partial charge in [-0.1, -0.05) is 11.6 Å². The topological polar surface area (TPSA) is 76.0 Å². The van der Waals surface area contributed by atoms with E-state index in [2.05, 4.69) is 4.74 Å². The number of hydrogen-bond donors (Lipinski definition) is 0. The minimum absolute atomic E-state index is 0.156. The van der Waals surface area contributed by atoms with Crippen molar-refractivity contribution in [3.63, 3.8) is 0 Å². The molecular formula is C25H30ClF2NO6. The van der Waals surface area contributed by atoms with Crippen LogP contribution in [0.15, 0.2) is 35.3 Å². The summed E-state index contributed by atoms with van der Waals surface area (Å²) in [5.74, 6) is -0.573. The molecule has 0 saturated carbocycles. The molecule has 1 unspecified atom stereocenters. The lowest BCUT2D eigenvalue weighted by Gasteiger charge is -2.29. The molecule has 7 nitrogen and oxygen atoms in total. The highest BCUT2D eigenvalue weighted by Gasteiger charge is 2.32. The lowest BCUT2D eigenvalue weighted by molar-refractivity contribution is -0.160. The van der Waals surface area contributed by atoms with Gasteiger partial charge in [0.15, 0.2) is 0 Å². The average molecular weight is 514 g/mol. The van der Waals surface area contributed by atoms with E-state index in [0.717, 1.165) is 19.3 Å². The smallest absolute Gasteiger partial charge is 0.387 e. The zero-order valence-electron chi connectivity index (χ0n) is 20.2. The number of carbonyl (C=O) groups is 1. The summed E-state index contributed by atoms with van der Waals surface area (Å²) in [5, 5.41) is 0.258. The molecule has 0 amide bonds. The molecule has 0 N–H and O–H groups in total. The Kier molecular flexibility index (Phi) is 8.77. The summed E-state index contributed by atoms with van der Waals surface area (Å²) in [6.07, 6.45) is 4.08. The minimum Gasteiger partial charge on any atom is -0.495 e. The Morgan fingerprint density at radius 2 is 1.91 bits per heavy atom. The highest BCUT2D eigenvalue weighted by atomic mass is 35.5. The number of ether oxygens (including phenoxy) is 4. The number of carbonyl (C=O) groups excluding carboxylic acids is 1. The predicted molar refractivity (Wildman–Crippen MR) is 127 cm³/mol. The molecular weight excluding hydrogens is 484 g/mol. The molecule has 1 saturated heterocycles. The summed E-state index contributed by atoms with van der Waals surface area (Å²) in [4.78, 5) is 26.5. The lowest BCUT2D eigenvalue weighted by atomic mass is 10.0. The Morgan fingerprint density at radius 3 is 2.51 bits per heavy atom. The monoisotopic (exact) mass is 513 g/mol. The second-order valence-corrected chi connectivity index (χ2v) is 9.73. The fourth-order valence-corrected chi connectivity index (χ4v) is 4.16. The van der Waals surface area contributed by atoms with E-state index in [9.17, 15) is 18.4 Å². The SMILES string of the molecule is COc1cn(C(C[C@@H]2CCCCO2)C(=O)OC(C)(C)C)c(=O)cc1-c1cc(Cl)ccc1OC(F)F. The van der Waals surface area contributed by atoms with Crippen molar-refractivity contribution in [2.24, 2.45) is 0 Å². The molecule has 1 aliphatic heterocycles. The standard InChI is InChI=1S/C25H30ClF2NO6/c1-25(2,3)35-23(31)19(12-16-7-5-6-10-33-16)29-14-21(32-4)18(13-22(29)30)17-11-15(26)8-9-20(17)34-24(27)28/h8-9,11,13-14,16,19,24H,5-7,10,12H2,1-4H3/t16-,19?/m0/s1. The van der Waals surface area contributed by atoms with Gasteiger partial charge in [0.2, 0.25) is 0 Å². The van der Waals surface area contributed by atoms with Crippen LogP contribution in [-0.4, -0.2) is 42.6 Å². The van der Waals surface area contributed by atoms with E-state index < -0.39 is 29.8 Å². The van der Waals surface area contributed by atoms with Gasteiger partial charge in [-0.15, -0.1) is 0 Å². The summed E-state index contributed by atoms with van der Waals surface area (Å²) in [6, 6.07) is 4.34. The van der Waals surface area contributed by atoms with Crippen LogP contribution in [0.25, 0.3) is 11.1 Å². The molecule has 2 aromatic rings. The first kappa shape index (κ1) is 26.9. The molecule has 0 aliphatic carbocycles. The van der Waals surface area contributed by atoms with Crippen molar-refractivity contribution in [1.29, 1.82) is 0 Å². The Bertz CT molecular complexity index is 1090. The number of halogens is 3. The second kappa shape index (κ2) is 11.4. The van der Waals surface area contributed by atoms with Crippen LogP contribution in [0.2, 0.25) is 5.02 Å². The van der Waals surface area contributed by atoms with E-state index >= 15 is 0 Å². The van der Waals surface area contributed by atoms with Crippen LogP contribution < -0.4 is 15.0 Å². The number of pyridine rings is 1. The number of methoxy groups -OCH3 is 1. The van der Waals surface area contributed by atoms with Crippen LogP contribution >= 0.6 is 11.6 Å². The van der Waals surface area contributed by atoms with E-state index in [1.807, 2.05) is 0 Å². The maximum atomic E-state index is 13.3. The highest BCUT2D eigenvalue weighted by Crippen LogP contribution is 2.38. The van der Waals surface area contributed by atoms with E-state index in [0.29, 0.717) is 6.61 Å². The van der Waals surface area contributed by atoms with Crippen LogP contribution in [0.3, 0.4) is 0 Å². The summed E-state index contributed by atoms with van der Waals surface area (Å²) in [7, 11) is 1.37. The summed E-state index contributed by atoms with van der Waals surface area (Å²) >= 11 is 6.09. The molecule has 3 rings (SSSR count). The molecule has 192 valence electrons. The maximum Gasteiger partial charge on any atom is 0.387 e. The first-order valence-corrected chi connectivity index (χ1v) is 11.8. The number of rotatable bonds is 8. The Balaban J connectivity index is 2.08. The van der Waals surface area contributed by atoms with Gasteiger partial charge >= 0.3 is 12.6 Å². The van der Waals surface area contributed by atoms with Gasteiger partial charge in [-0.05, 0) is 58.2 Å². The van der Waals surface area contributed by atoms with Gasteiger partial charge in [0.1, 0.15) is 23.1 Å². The third-order valence-electron chi connectivity index (χ3n) is 5.49. The van der Waals surface area contributed by atoms with Gasteiger partial charge in [-0.25, -0.2) is 4.79 Å². The van der Waals surface area contributed by atoms with E-state index in [1.54, 1.807) is 20.8 Å². The minimum atomic E-state index is -3.08. The van der Waals surface area contributed by atoms with Gasteiger partial charge in [0, 0.05) is 35.2 Å². The van der Waals surface area contributed by atoms with Crippen LogP contribution in [0, 0.1) is 0 Å². The number of aromatic nitrogens is 1. The van der Waals surface area contributed by atoms with Crippen molar-refractivity contribution in [2.45, 2.75) is 70.8 Å². The van der Waals surface area contributed by atoms with E-state index in [-0.39, 0.29) is 40.2 Å². The Hall–Kier alpha value is -2.65. The first-order valence-electron chi connectivity index (χ1n) is 11.4. The normalized spacial score (nSPS) is 17.2. The molecule has 10 heteroatoms. The molecule has 0 radical (unpaired) electrons. The predicted octanol–water partition coefficient (Wildman–Crippen LogP) is 5.62. The number of esters is 1. The number of alkyl halides is 2. The Morgan fingerprint density at radius 1 is 1.20 bits per heavy atom. The van der Waals surface area contributed by atoms with E-state index in [1.165, 1.54) is 42.1 Å². The molecule has 1 aliphatic rings. The van der Waals surface area contributed by atoms with Gasteiger partial charge in [-0.2, -0.15) is 8.78 Å². The maximum absolute atomic E-state index is 13.3. The lowest BCUT2D eigenvalue weighted by Crippen LogP contribution is -2.37. The molecule has 35 heavy (non-hydrogen) atoms. The van der Waals surface area contributed by atoms with Crippen molar-refractivity contribution in [2.75, 3.05) is 13.7 Å². The van der Waals surface area contributed by atoms with Gasteiger partial charge in [-0.3, -0.25) is 9.36 Å². The van der Waals surface area contributed by atoms with Gasteiger partial charge in [0.05, 0.1) is 19.4 Å². The zero-order valence-corrected chi connectivity index (χ0v) is 20.9. The average Bonchev–Trinajstić information content (AvgIpc) is 2.78.